The van der Waals surface area contributed by atoms with Gasteiger partial charge in [-0.2, -0.15) is 0 Å². The van der Waals surface area contributed by atoms with Crippen molar-refractivity contribution in [2.24, 2.45) is 11.7 Å². The van der Waals surface area contributed by atoms with E-state index in [1.54, 1.807) is 12.1 Å². The van der Waals surface area contributed by atoms with Crippen molar-refractivity contribution in [3.8, 4) is 0 Å². The number of hydrogen-bond donors (Lipinski definition) is 3. The summed E-state index contributed by atoms with van der Waals surface area (Å²) in [5.74, 6) is -1.35. The molecule has 0 unspecified atom stereocenters. The number of carboxylic acid groups (broad SMARTS) is 1. The number of benzene rings is 1. The van der Waals surface area contributed by atoms with Crippen LogP contribution in [0, 0.1) is 5.92 Å². The predicted molar refractivity (Wildman–Crippen MR) is 84.8 cm³/mol. The highest BCUT2D eigenvalue weighted by molar-refractivity contribution is 5.88. The molecule has 1 aromatic carbocycles. The average Bonchev–Trinajstić information content (AvgIpc) is 2.99. The van der Waals surface area contributed by atoms with Crippen LogP contribution < -0.4 is 11.1 Å². The van der Waals surface area contributed by atoms with Crippen LogP contribution in [-0.2, 0) is 16.0 Å². The van der Waals surface area contributed by atoms with E-state index < -0.39 is 17.9 Å². The maximum absolute atomic E-state index is 12.1. The number of primary amides is 1. The van der Waals surface area contributed by atoms with Crippen molar-refractivity contribution in [1.82, 2.24) is 5.32 Å². The fraction of sp³-hybridized carbons (Fsp3) is 0.471. The fourth-order valence-electron chi connectivity index (χ4n) is 2.97. The van der Waals surface area contributed by atoms with Crippen LogP contribution in [0.1, 0.15) is 48.0 Å². The number of rotatable bonds is 7. The first kappa shape index (κ1) is 17.0. The third-order valence-electron chi connectivity index (χ3n) is 4.27. The molecule has 2 rings (SSSR count). The van der Waals surface area contributed by atoms with E-state index in [0.29, 0.717) is 12.3 Å². The summed E-state index contributed by atoms with van der Waals surface area (Å²) in [6, 6.07) is 5.41. The fourth-order valence-corrected chi connectivity index (χ4v) is 2.97. The standard InChI is InChI=1S/C17H22N2O4/c18-16(21)14(19-15(20)10-11-3-1-2-4-11)9-12-5-7-13(8-6-12)17(22)23/h5-8,11,14H,1-4,9-10H2,(H2,18,21)(H,19,20)(H,22,23)/t14-/m0/s1. The summed E-state index contributed by atoms with van der Waals surface area (Å²) in [5.41, 5.74) is 6.30. The van der Waals surface area contributed by atoms with Crippen LogP contribution in [0.5, 0.6) is 0 Å². The van der Waals surface area contributed by atoms with Crippen molar-refractivity contribution in [1.29, 1.82) is 0 Å². The van der Waals surface area contributed by atoms with Gasteiger partial charge in [0.15, 0.2) is 0 Å². The molecular formula is C17H22N2O4. The Morgan fingerprint density at radius 3 is 2.30 bits per heavy atom. The van der Waals surface area contributed by atoms with Gasteiger partial charge < -0.3 is 16.2 Å². The first-order valence-electron chi connectivity index (χ1n) is 7.86. The smallest absolute Gasteiger partial charge is 0.335 e. The van der Waals surface area contributed by atoms with Crippen LogP contribution in [-0.4, -0.2) is 28.9 Å². The lowest BCUT2D eigenvalue weighted by atomic mass is 10.0. The number of carbonyl (C=O) groups excluding carboxylic acids is 2. The van der Waals surface area contributed by atoms with Gasteiger partial charge in [-0.25, -0.2) is 4.79 Å². The number of nitrogens with two attached hydrogens (primary N) is 1. The number of carbonyl (C=O) groups is 3. The number of hydrogen-bond acceptors (Lipinski definition) is 3. The zero-order valence-corrected chi connectivity index (χ0v) is 13.0. The largest absolute Gasteiger partial charge is 0.478 e. The van der Waals surface area contributed by atoms with Gasteiger partial charge in [0.05, 0.1) is 5.56 Å². The molecule has 23 heavy (non-hydrogen) atoms. The summed E-state index contributed by atoms with van der Waals surface area (Å²) < 4.78 is 0. The number of amides is 2. The molecule has 1 atom stereocenters. The highest BCUT2D eigenvalue weighted by Gasteiger charge is 2.22. The minimum atomic E-state index is -1.01. The molecule has 1 aliphatic carbocycles. The molecule has 6 nitrogen and oxygen atoms in total. The van der Waals surface area contributed by atoms with Gasteiger partial charge in [-0.15, -0.1) is 0 Å². The first-order valence-corrected chi connectivity index (χ1v) is 7.86. The Morgan fingerprint density at radius 2 is 1.78 bits per heavy atom. The van der Waals surface area contributed by atoms with E-state index in [2.05, 4.69) is 5.32 Å². The lowest BCUT2D eigenvalue weighted by Crippen LogP contribution is -2.46. The molecule has 0 spiro atoms. The Labute approximate surface area is 135 Å². The second-order valence-corrected chi connectivity index (χ2v) is 6.08. The number of nitrogens with one attached hydrogen (secondary N) is 1. The molecule has 1 fully saturated rings. The molecule has 0 aliphatic heterocycles. The van der Waals surface area contributed by atoms with Crippen molar-refractivity contribution in [2.75, 3.05) is 0 Å². The molecule has 2 amide bonds. The molecule has 0 bridgehead atoms. The van der Waals surface area contributed by atoms with Gasteiger partial charge in [0.25, 0.3) is 0 Å². The van der Waals surface area contributed by atoms with E-state index in [1.165, 1.54) is 12.1 Å². The maximum atomic E-state index is 12.1. The second-order valence-electron chi connectivity index (χ2n) is 6.08. The van der Waals surface area contributed by atoms with Crippen molar-refractivity contribution in [3.05, 3.63) is 35.4 Å². The number of carboxylic acids is 1. The average molecular weight is 318 g/mol. The third kappa shape index (κ3) is 5.09. The van der Waals surface area contributed by atoms with Crippen LogP contribution in [0.15, 0.2) is 24.3 Å². The lowest BCUT2D eigenvalue weighted by Gasteiger charge is -2.17. The van der Waals surface area contributed by atoms with E-state index in [9.17, 15) is 14.4 Å². The summed E-state index contributed by atoms with van der Waals surface area (Å²) in [7, 11) is 0. The molecule has 0 saturated heterocycles. The van der Waals surface area contributed by atoms with Crippen LogP contribution >= 0.6 is 0 Å². The molecule has 0 heterocycles. The molecule has 4 N–H and O–H groups in total. The van der Waals surface area contributed by atoms with Crippen LogP contribution in [0.4, 0.5) is 0 Å². The zero-order valence-electron chi connectivity index (χ0n) is 13.0. The summed E-state index contributed by atoms with van der Waals surface area (Å²) >= 11 is 0. The normalized spacial score (nSPS) is 16.0. The summed E-state index contributed by atoms with van der Waals surface area (Å²) in [6.07, 6.45) is 5.13. The maximum Gasteiger partial charge on any atom is 0.335 e. The van der Waals surface area contributed by atoms with E-state index in [-0.39, 0.29) is 17.9 Å². The zero-order chi connectivity index (χ0) is 16.8. The Morgan fingerprint density at radius 1 is 1.17 bits per heavy atom. The van der Waals surface area contributed by atoms with Gasteiger partial charge >= 0.3 is 5.97 Å². The van der Waals surface area contributed by atoms with Crippen molar-refractivity contribution >= 4 is 17.8 Å². The van der Waals surface area contributed by atoms with Crippen molar-refractivity contribution < 1.29 is 19.5 Å². The Kier molecular flexibility index (Phi) is 5.73. The minimum Gasteiger partial charge on any atom is -0.478 e. The van der Waals surface area contributed by atoms with E-state index in [0.717, 1.165) is 31.2 Å². The Bertz CT molecular complexity index is 577. The summed E-state index contributed by atoms with van der Waals surface area (Å²) in [5, 5.41) is 11.6. The van der Waals surface area contributed by atoms with Crippen molar-refractivity contribution in [2.45, 2.75) is 44.6 Å². The van der Waals surface area contributed by atoms with Gasteiger partial charge in [0, 0.05) is 12.8 Å². The molecule has 1 aliphatic rings. The first-order chi connectivity index (χ1) is 11.0. The van der Waals surface area contributed by atoms with Gasteiger partial charge in [-0.05, 0) is 36.5 Å². The Hall–Kier alpha value is -2.37. The minimum absolute atomic E-state index is 0.150. The predicted octanol–water partition coefficient (Wildman–Crippen LogP) is 1.48. The molecule has 124 valence electrons. The van der Waals surface area contributed by atoms with Gasteiger partial charge in [-0.3, -0.25) is 9.59 Å². The third-order valence-corrected chi connectivity index (χ3v) is 4.27. The monoisotopic (exact) mass is 318 g/mol. The van der Waals surface area contributed by atoms with Gasteiger partial charge in [0.2, 0.25) is 11.8 Å². The molecular weight excluding hydrogens is 296 g/mol. The highest BCUT2D eigenvalue weighted by Crippen LogP contribution is 2.27. The summed E-state index contributed by atoms with van der Waals surface area (Å²) in [6.45, 7) is 0. The molecule has 1 saturated carbocycles. The van der Waals surface area contributed by atoms with Gasteiger partial charge in [-0.1, -0.05) is 25.0 Å². The Balaban J connectivity index is 1.93. The lowest BCUT2D eigenvalue weighted by molar-refractivity contribution is -0.127. The molecule has 6 heteroatoms. The molecule has 1 aromatic rings. The van der Waals surface area contributed by atoms with Crippen LogP contribution in [0.2, 0.25) is 0 Å². The van der Waals surface area contributed by atoms with Crippen molar-refractivity contribution in [3.63, 3.8) is 0 Å². The quantitative estimate of drug-likeness (QED) is 0.707. The topological polar surface area (TPSA) is 109 Å². The van der Waals surface area contributed by atoms with Crippen LogP contribution in [0.3, 0.4) is 0 Å². The number of aromatic carboxylic acids is 1. The van der Waals surface area contributed by atoms with E-state index >= 15 is 0 Å². The van der Waals surface area contributed by atoms with Crippen LogP contribution in [0.25, 0.3) is 0 Å². The second kappa shape index (κ2) is 7.76. The van der Waals surface area contributed by atoms with E-state index in [4.69, 9.17) is 10.8 Å². The summed E-state index contributed by atoms with van der Waals surface area (Å²) in [4.78, 5) is 34.4. The highest BCUT2D eigenvalue weighted by atomic mass is 16.4. The molecule has 0 radical (unpaired) electrons. The SMILES string of the molecule is NC(=O)[C@H](Cc1ccc(C(=O)O)cc1)NC(=O)CC1CCCC1. The van der Waals surface area contributed by atoms with Gasteiger partial charge in [0.1, 0.15) is 6.04 Å². The molecule has 0 aromatic heterocycles. The van der Waals surface area contributed by atoms with E-state index in [1.807, 2.05) is 0 Å².